The molecule has 0 bridgehead atoms. The zero-order valence-electron chi connectivity index (χ0n) is 13.2. The first-order chi connectivity index (χ1) is 11.7. The van der Waals surface area contributed by atoms with Gasteiger partial charge in [-0.3, -0.25) is 9.78 Å². The van der Waals surface area contributed by atoms with Crippen LogP contribution in [0.3, 0.4) is 0 Å². The molecule has 0 fully saturated rings. The third kappa shape index (κ3) is 4.39. The van der Waals surface area contributed by atoms with E-state index in [4.69, 9.17) is 4.74 Å². The summed E-state index contributed by atoms with van der Waals surface area (Å²) in [6.45, 7) is 2.34. The normalized spacial score (nSPS) is 10.4. The van der Waals surface area contributed by atoms with Gasteiger partial charge in [0.1, 0.15) is 17.4 Å². The fourth-order valence-corrected chi connectivity index (χ4v) is 2.85. The Morgan fingerprint density at radius 1 is 1.25 bits per heavy atom. The molecule has 5 nitrogen and oxygen atoms in total. The van der Waals surface area contributed by atoms with Gasteiger partial charge >= 0.3 is 0 Å². The van der Waals surface area contributed by atoms with Crippen molar-refractivity contribution in [1.82, 2.24) is 9.97 Å². The van der Waals surface area contributed by atoms with Crippen molar-refractivity contribution in [3.8, 4) is 5.75 Å². The largest absolute Gasteiger partial charge is 0.485 e. The van der Waals surface area contributed by atoms with Gasteiger partial charge in [0.05, 0.1) is 18.3 Å². The molecular formula is C18H17N3O2S. The Morgan fingerprint density at radius 2 is 2.12 bits per heavy atom. The number of para-hydroxylation sites is 1. The van der Waals surface area contributed by atoms with Crippen molar-refractivity contribution in [2.45, 2.75) is 20.0 Å². The first-order valence-corrected chi connectivity index (χ1v) is 8.40. The maximum absolute atomic E-state index is 12.1. The van der Waals surface area contributed by atoms with Crippen molar-refractivity contribution < 1.29 is 9.53 Å². The van der Waals surface area contributed by atoms with Gasteiger partial charge in [-0.05, 0) is 30.7 Å². The lowest BCUT2D eigenvalue weighted by Crippen LogP contribution is -2.15. The molecule has 0 aliphatic heterocycles. The summed E-state index contributed by atoms with van der Waals surface area (Å²) in [6.07, 6.45) is 3.60. The highest BCUT2D eigenvalue weighted by molar-refractivity contribution is 7.09. The number of ether oxygens (including phenoxy) is 1. The number of anilines is 1. The molecule has 0 spiro atoms. The minimum Gasteiger partial charge on any atom is -0.485 e. The molecule has 2 heterocycles. The Balaban J connectivity index is 1.54. The summed E-state index contributed by atoms with van der Waals surface area (Å²) >= 11 is 1.48. The summed E-state index contributed by atoms with van der Waals surface area (Å²) in [5.41, 5.74) is 2.61. The molecule has 3 aromatic rings. The fourth-order valence-electron chi connectivity index (χ4n) is 2.15. The monoisotopic (exact) mass is 339 g/mol. The van der Waals surface area contributed by atoms with Crippen LogP contribution < -0.4 is 10.1 Å². The Bertz CT molecular complexity index is 818. The van der Waals surface area contributed by atoms with Crippen molar-refractivity contribution in [3.05, 3.63) is 70.4 Å². The Morgan fingerprint density at radius 3 is 2.92 bits per heavy atom. The number of aryl methyl sites for hydroxylation is 1. The van der Waals surface area contributed by atoms with Crippen molar-refractivity contribution in [2.75, 3.05) is 5.32 Å². The molecule has 3 rings (SSSR count). The molecule has 0 aliphatic carbocycles. The Kier molecular flexibility index (Phi) is 5.18. The molecule has 0 radical (unpaired) electrons. The molecule has 1 aromatic carbocycles. The van der Waals surface area contributed by atoms with Crippen LogP contribution in [0.2, 0.25) is 0 Å². The molecule has 0 atom stereocenters. The smallest absolute Gasteiger partial charge is 0.230 e. The Hall–Kier alpha value is -2.73. The molecule has 0 saturated heterocycles. The highest BCUT2D eigenvalue weighted by atomic mass is 32.1. The average Bonchev–Trinajstić information content (AvgIpc) is 3.03. The molecule has 6 heteroatoms. The van der Waals surface area contributed by atoms with Crippen LogP contribution in [0, 0.1) is 6.92 Å². The summed E-state index contributed by atoms with van der Waals surface area (Å²) in [6, 6.07) is 11.4. The standard InChI is InChI=1S/C18H17N3O2S/c1-13-5-2-3-7-16(13)21-17(22)9-14-12-24-18(20-14)11-23-15-6-4-8-19-10-15/h2-8,10,12H,9,11H2,1H3,(H,21,22). The summed E-state index contributed by atoms with van der Waals surface area (Å²) in [7, 11) is 0. The second-order valence-electron chi connectivity index (χ2n) is 5.25. The van der Waals surface area contributed by atoms with E-state index >= 15 is 0 Å². The van der Waals surface area contributed by atoms with E-state index in [1.165, 1.54) is 11.3 Å². The number of benzene rings is 1. The van der Waals surface area contributed by atoms with Crippen LogP contribution >= 0.6 is 11.3 Å². The van der Waals surface area contributed by atoms with Crippen LogP contribution in [0.5, 0.6) is 5.75 Å². The maximum Gasteiger partial charge on any atom is 0.230 e. The van der Waals surface area contributed by atoms with Crippen molar-refractivity contribution in [2.24, 2.45) is 0 Å². The number of aromatic nitrogens is 2. The Labute approximate surface area is 144 Å². The van der Waals surface area contributed by atoms with E-state index in [1.807, 2.05) is 48.7 Å². The number of carbonyl (C=O) groups is 1. The average molecular weight is 339 g/mol. The SMILES string of the molecule is Cc1ccccc1NC(=O)Cc1csc(COc2cccnc2)n1. The number of amides is 1. The fraction of sp³-hybridized carbons (Fsp3) is 0.167. The van der Waals surface area contributed by atoms with E-state index in [9.17, 15) is 4.79 Å². The number of thiazole rings is 1. The van der Waals surface area contributed by atoms with Gasteiger partial charge in [0.25, 0.3) is 0 Å². The first-order valence-electron chi connectivity index (χ1n) is 7.52. The van der Waals surface area contributed by atoms with E-state index in [-0.39, 0.29) is 12.3 Å². The zero-order chi connectivity index (χ0) is 16.8. The van der Waals surface area contributed by atoms with E-state index in [2.05, 4.69) is 15.3 Å². The van der Waals surface area contributed by atoms with Crippen LogP contribution in [-0.4, -0.2) is 15.9 Å². The van der Waals surface area contributed by atoms with E-state index in [1.54, 1.807) is 12.4 Å². The van der Waals surface area contributed by atoms with Gasteiger partial charge in [-0.15, -0.1) is 11.3 Å². The van der Waals surface area contributed by atoms with Crippen LogP contribution in [0.25, 0.3) is 0 Å². The number of carbonyl (C=O) groups excluding carboxylic acids is 1. The lowest BCUT2D eigenvalue weighted by atomic mass is 10.2. The molecule has 0 aliphatic rings. The summed E-state index contributed by atoms with van der Waals surface area (Å²) in [4.78, 5) is 20.6. The van der Waals surface area contributed by atoms with Gasteiger partial charge < -0.3 is 10.1 Å². The third-order valence-electron chi connectivity index (χ3n) is 3.36. The molecule has 1 N–H and O–H groups in total. The molecule has 2 aromatic heterocycles. The van der Waals surface area contributed by atoms with Crippen molar-refractivity contribution in [3.63, 3.8) is 0 Å². The van der Waals surface area contributed by atoms with Crippen LogP contribution in [0.1, 0.15) is 16.3 Å². The minimum atomic E-state index is -0.0747. The van der Waals surface area contributed by atoms with E-state index < -0.39 is 0 Å². The lowest BCUT2D eigenvalue weighted by molar-refractivity contribution is -0.115. The van der Waals surface area contributed by atoms with Crippen molar-refractivity contribution in [1.29, 1.82) is 0 Å². The number of hydrogen-bond acceptors (Lipinski definition) is 5. The minimum absolute atomic E-state index is 0.0747. The third-order valence-corrected chi connectivity index (χ3v) is 4.23. The topological polar surface area (TPSA) is 64.1 Å². The van der Waals surface area contributed by atoms with Crippen molar-refractivity contribution >= 4 is 22.9 Å². The van der Waals surface area contributed by atoms with Gasteiger partial charge in [0, 0.05) is 17.3 Å². The van der Waals surface area contributed by atoms with E-state index in [0.29, 0.717) is 12.4 Å². The maximum atomic E-state index is 12.1. The predicted octanol–water partition coefficient (Wildman–Crippen LogP) is 3.61. The quantitative estimate of drug-likeness (QED) is 0.745. The second kappa shape index (κ2) is 7.70. The molecule has 122 valence electrons. The molecule has 0 saturated carbocycles. The number of hydrogen-bond donors (Lipinski definition) is 1. The highest BCUT2D eigenvalue weighted by Gasteiger charge is 2.09. The molecule has 0 unspecified atom stereocenters. The van der Waals surface area contributed by atoms with Crippen LogP contribution in [0.4, 0.5) is 5.69 Å². The molecule has 24 heavy (non-hydrogen) atoms. The summed E-state index contributed by atoms with van der Waals surface area (Å²) in [5, 5.41) is 5.63. The first kappa shape index (κ1) is 16.1. The highest BCUT2D eigenvalue weighted by Crippen LogP contribution is 2.16. The number of rotatable bonds is 6. The second-order valence-corrected chi connectivity index (χ2v) is 6.19. The van der Waals surface area contributed by atoms with Gasteiger partial charge in [-0.25, -0.2) is 4.98 Å². The number of nitrogens with zero attached hydrogens (tertiary/aromatic N) is 2. The van der Waals surface area contributed by atoms with Gasteiger partial charge in [-0.1, -0.05) is 18.2 Å². The molecule has 1 amide bonds. The van der Waals surface area contributed by atoms with Crippen LogP contribution in [-0.2, 0) is 17.8 Å². The van der Waals surface area contributed by atoms with E-state index in [0.717, 1.165) is 22.0 Å². The summed E-state index contributed by atoms with van der Waals surface area (Å²) in [5.74, 6) is 0.626. The van der Waals surface area contributed by atoms with Gasteiger partial charge in [0.2, 0.25) is 5.91 Å². The van der Waals surface area contributed by atoms with Crippen LogP contribution in [0.15, 0.2) is 54.2 Å². The zero-order valence-corrected chi connectivity index (χ0v) is 14.0. The predicted molar refractivity (Wildman–Crippen MR) is 94.2 cm³/mol. The summed E-state index contributed by atoms with van der Waals surface area (Å²) < 4.78 is 5.61. The number of nitrogens with one attached hydrogen (secondary N) is 1. The molecular weight excluding hydrogens is 322 g/mol. The number of pyridine rings is 1. The lowest BCUT2D eigenvalue weighted by Gasteiger charge is -2.06. The van der Waals surface area contributed by atoms with Gasteiger partial charge in [-0.2, -0.15) is 0 Å². The van der Waals surface area contributed by atoms with Gasteiger partial charge in [0.15, 0.2) is 0 Å².